The minimum Gasteiger partial charge on any atom is -0.493 e. The van der Waals surface area contributed by atoms with E-state index in [4.69, 9.17) is 10.5 Å². The van der Waals surface area contributed by atoms with Crippen molar-refractivity contribution < 1.29 is 4.74 Å². The fourth-order valence-electron chi connectivity index (χ4n) is 2.34. The number of guanidine groups is 1. The number of hydrogen-bond acceptors (Lipinski definition) is 4. The lowest BCUT2D eigenvalue weighted by molar-refractivity contribution is 0.262. The molecule has 0 saturated carbocycles. The molecule has 3 rings (SSSR count). The minimum absolute atomic E-state index is 0. The minimum atomic E-state index is 0. The SMILES string of the molecule is Cn1nncc1CN=C(N)NC1CCOc2ccccc21.I. The van der Waals surface area contributed by atoms with E-state index in [0.29, 0.717) is 19.1 Å². The molecule has 0 saturated heterocycles. The van der Waals surface area contributed by atoms with Crippen LogP contribution in [0, 0.1) is 0 Å². The van der Waals surface area contributed by atoms with E-state index in [9.17, 15) is 0 Å². The van der Waals surface area contributed by atoms with Gasteiger partial charge < -0.3 is 15.8 Å². The molecule has 1 aliphatic heterocycles. The number of fused-ring (bicyclic) bond motifs is 1. The molecular formula is C14H19IN6O. The summed E-state index contributed by atoms with van der Waals surface area (Å²) in [5, 5.41) is 10.9. The summed E-state index contributed by atoms with van der Waals surface area (Å²) in [4.78, 5) is 4.34. The zero-order valence-electron chi connectivity index (χ0n) is 12.3. The largest absolute Gasteiger partial charge is 0.493 e. The first kappa shape index (κ1) is 16.5. The van der Waals surface area contributed by atoms with Crippen molar-refractivity contribution >= 4 is 29.9 Å². The molecule has 22 heavy (non-hydrogen) atoms. The monoisotopic (exact) mass is 414 g/mol. The number of nitrogens with zero attached hydrogens (tertiary/aromatic N) is 4. The Morgan fingerprint density at radius 1 is 1.50 bits per heavy atom. The Hall–Kier alpha value is -1.84. The number of para-hydroxylation sites is 1. The van der Waals surface area contributed by atoms with Crippen LogP contribution in [-0.4, -0.2) is 27.6 Å². The summed E-state index contributed by atoms with van der Waals surface area (Å²) in [6.45, 7) is 1.13. The molecule has 1 aromatic heterocycles. The number of aliphatic imine (C=N–C) groups is 1. The number of nitrogens with two attached hydrogens (primary N) is 1. The van der Waals surface area contributed by atoms with Crippen LogP contribution in [0.5, 0.6) is 5.75 Å². The molecule has 0 aliphatic carbocycles. The Bertz CT molecular complexity index is 656. The highest BCUT2D eigenvalue weighted by Gasteiger charge is 2.21. The van der Waals surface area contributed by atoms with Gasteiger partial charge in [-0.1, -0.05) is 23.4 Å². The quantitative estimate of drug-likeness (QED) is 0.450. The van der Waals surface area contributed by atoms with E-state index in [0.717, 1.165) is 23.4 Å². The van der Waals surface area contributed by atoms with Gasteiger partial charge in [-0.15, -0.1) is 29.1 Å². The topological polar surface area (TPSA) is 90.4 Å². The van der Waals surface area contributed by atoms with E-state index in [1.54, 1.807) is 10.9 Å². The number of benzene rings is 1. The highest BCUT2D eigenvalue weighted by atomic mass is 127. The lowest BCUT2D eigenvalue weighted by Crippen LogP contribution is -2.37. The van der Waals surface area contributed by atoms with Crippen LogP contribution in [0.3, 0.4) is 0 Å². The number of nitrogens with one attached hydrogen (secondary N) is 1. The molecule has 1 atom stereocenters. The van der Waals surface area contributed by atoms with Gasteiger partial charge in [-0.3, -0.25) is 4.68 Å². The van der Waals surface area contributed by atoms with Crippen LogP contribution in [0.4, 0.5) is 0 Å². The van der Waals surface area contributed by atoms with Gasteiger partial charge in [0.25, 0.3) is 0 Å². The predicted molar refractivity (Wildman–Crippen MR) is 94.2 cm³/mol. The summed E-state index contributed by atoms with van der Waals surface area (Å²) in [5.74, 6) is 1.32. The second-order valence-corrected chi connectivity index (χ2v) is 4.92. The van der Waals surface area contributed by atoms with Crippen LogP contribution in [0.2, 0.25) is 0 Å². The van der Waals surface area contributed by atoms with E-state index in [2.05, 4.69) is 20.6 Å². The third kappa shape index (κ3) is 3.67. The van der Waals surface area contributed by atoms with Crippen molar-refractivity contribution in [3.8, 4) is 5.75 Å². The van der Waals surface area contributed by atoms with Gasteiger partial charge in [0, 0.05) is 19.0 Å². The Morgan fingerprint density at radius 2 is 2.32 bits per heavy atom. The fourth-order valence-corrected chi connectivity index (χ4v) is 2.34. The van der Waals surface area contributed by atoms with Gasteiger partial charge in [0.1, 0.15) is 5.75 Å². The molecule has 7 nitrogen and oxygen atoms in total. The number of aromatic nitrogens is 3. The maximum atomic E-state index is 5.98. The molecular weight excluding hydrogens is 395 g/mol. The number of ether oxygens (including phenoxy) is 1. The average molecular weight is 414 g/mol. The van der Waals surface area contributed by atoms with E-state index in [1.807, 2.05) is 31.3 Å². The van der Waals surface area contributed by atoms with Gasteiger partial charge in [0.05, 0.1) is 31.1 Å². The summed E-state index contributed by atoms with van der Waals surface area (Å²) in [5.41, 5.74) is 8.00. The summed E-state index contributed by atoms with van der Waals surface area (Å²) < 4.78 is 7.31. The van der Waals surface area contributed by atoms with E-state index in [1.165, 1.54) is 0 Å². The molecule has 118 valence electrons. The van der Waals surface area contributed by atoms with Crippen molar-refractivity contribution in [1.82, 2.24) is 20.3 Å². The highest BCUT2D eigenvalue weighted by Crippen LogP contribution is 2.31. The highest BCUT2D eigenvalue weighted by molar-refractivity contribution is 14.0. The van der Waals surface area contributed by atoms with Crippen LogP contribution < -0.4 is 15.8 Å². The van der Waals surface area contributed by atoms with Crippen molar-refractivity contribution in [3.05, 3.63) is 41.7 Å². The number of halogens is 1. The first-order valence-electron chi connectivity index (χ1n) is 6.86. The second-order valence-electron chi connectivity index (χ2n) is 4.92. The van der Waals surface area contributed by atoms with Crippen molar-refractivity contribution in [3.63, 3.8) is 0 Å². The lowest BCUT2D eigenvalue weighted by atomic mass is 10.0. The molecule has 2 heterocycles. The molecule has 0 fully saturated rings. The lowest BCUT2D eigenvalue weighted by Gasteiger charge is -2.26. The number of aryl methyl sites for hydroxylation is 1. The van der Waals surface area contributed by atoms with Crippen LogP contribution in [0.25, 0.3) is 0 Å². The number of rotatable bonds is 3. The maximum Gasteiger partial charge on any atom is 0.189 e. The summed E-state index contributed by atoms with van der Waals surface area (Å²) in [7, 11) is 1.83. The predicted octanol–water partition coefficient (Wildman–Crippen LogP) is 1.36. The molecule has 0 radical (unpaired) electrons. The third-order valence-corrected chi connectivity index (χ3v) is 3.50. The Morgan fingerprint density at radius 3 is 3.09 bits per heavy atom. The van der Waals surface area contributed by atoms with Crippen molar-refractivity contribution in [2.45, 2.75) is 19.0 Å². The first-order chi connectivity index (χ1) is 10.2. The van der Waals surface area contributed by atoms with Crippen LogP contribution >= 0.6 is 24.0 Å². The van der Waals surface area contributed by atoms with Crippen LogP contribution in [-0.2, 0) is 13.6 Å². The molecule has 0 amide bonds. The normalized spacial score (nSPS) is 17.1. The fraction of sp³-hybridized carbons (Fsp3) is 0.357. The second kappa shape index (κ2) is 7.43. The Kier molecular flexibility index (Phi) is 5.58. The summed E-state index contributed by atoms with van der Waals surface area (Å²) in [6, 6.07) is 8.11. The molecule has 8 heteroatoms. The molecule has 1 unspecified atom stereocenters. The maximum absolute atomic E-state index is 5.98. The molecule has 3 N–H and O–H groups in total. The smallest absolute Gasteiger partial charge is 0.189 e. The van der Waals surface area contributed by atoms with Crippen molar-refractivity contribution in [1.29, 1.82) is 0 Å². The molecule has 1 aliphatic rings. The van der Waals surface area contributed by atoms with Crippen molar-refractivity contribution in [2.24, 2.45) is 17.8 Å². The Balaban J connectivity index is 0.00000176. The summed E-state index contributed by atoms with van der Waals surface area (Å²) in [6.07, 6.45) is 2.54. The van der Waals surface area contributed by atoms with E-state index >= 15 is 0 Å². The van der Waals surface area contributed by atoms with Gasteiger partial charge in [-0.2, -0.15) is 0 Å². The van der Waals surface area contributed by atoms with Gasteiger partial charge in [0.15, 0.2) is 5.96 Å². The zero-order valence-corrected chi connectivity index (χ0v) is 14.6. The molecule has 0 bridgehead atoms. The van der Waals surface area contributed by atoms with Gasteiger partial charge >= 0.3 is 0 Å². The van der Waals surface area contributed by atoms with Gasteiger partial charge in [0.2, 0.25) is 0 Å². The molecule has 1 aromatic carbocycles. The van der Waals surface area contributed by atoms with Crippen LogP contribution in [0.1, 0.15) is 23.7 Å². The summed E-state index contributed by atoms with van der Waals surface area (Å²) >= 11 is 0. The molecule has 0 spiro atoms. The first-order valence-corrected chi connectivity index (χ1v) is 6.86. The average Bonchev–Trinajstić information content (AvgIpc) is 2.91. The van der Waals surface area contributed by atoms with Gasteiger partial charge in [-0.25, -0.2) is 4.99 Å². The van der Waals surface area contributed by atoms with E-state index < -0.39 is 0 Å². The van der Waals surface area contributed by atoms with Gasteiger partial charge in [-0.05, 0) is 6.07 Å². The Labute approximate surface area is 146 Å². The zero-order chi connectivity index (χ0) is 14.7. The third-order valence-electron chi connectivity index (χ3n) is 3.50. The van der Waals surface area contributed by atoms with Crippen LogP contribution in [0.15, 0.2) is 35.5 Å². The standard InChI is InChI=1S/C14H18N6O.HI/c1-20-10(9-17-19-20)8-16-14(15)18-12-6-7-21-13-5-3-2-4-11(12)13;/h2-5,9,12H,6-8H2,1H3,(H3,15,16,18);1H. The molecule has 2 aromatic rings. The number of hydrogen-bond donors (Lipinski definition) is 2. The van der Waals surface area contributed by atoms with E-state index in [-0.39, 0.29) is 30.0 Å². The van der Waals surface area contributed by atoms with Crippen molar-refractivity contribution in [2.75, 3.05) is 6.61 Å².